The van der Waals surface area contributed by atoms with E-state index in [0.29, 0.717) is 5.82 Å². The number of rotatable bonds is 6. The van der Waals surface area contributed by atoms with Crippen LogP contribution >= 0.6 is 0 Å². The van der Waals surface area contributed by atoms with Gasteiger partial charge in [0, 0.05) is 6.20 Å². The van der Waals surface area contributed by atoms with Crippen molar-refractivity contribution in [3.63, 3.8) is 0 Å². The van der Waals surface area contributed by atoms with Gasteiger partial charge in [0.15, 0.2) is 0 Å². The van der Waals surface area contributed by atoms with Crippen LogP contribution in [0.25, 0.3) is 6.08 Å². The molecule has 0 fully saturated rings. The molecule has 0 atom stereocenters. The number of hydrogen-bond donors (Lipinski definition) is 0. The number of aryl methyl sites for hydroxylation is 1. The number of pyridine rings is 1. The van der Waals surface area contributed by atoms with Crippen LogP contribution in [0.2, 0.25) is 0 Å². The minimum Gasteiger partial charge on any atom is -0.250 e. The lowest BCUT2D eigenvalue weighted by Gasteiger charge is -2.20. The lowest BCUT2D eigenvalue weighted by Crippen LogP contribution is -2.30. The molecular formula is C17H20N2O2S. The van der Waals surface area contributed by atoms with Crippen LogP contribution in [-0.2, 0) is 16.4 Å². The van der Waals surface area contributed by atoms with E-state index in [1.807, 2.05) is 61.5 Å². The number of sulfonamides is 1. The van der Waals surface area contributed by atoms with Crippen molar-refractivity contribution in [2.75, 3.05) is 17.1 Å². The summed E-state index contributed by atoms with van der Waals surface area (Å²) in [4.78, 5) is 4.19. The van der Waals surface area contributed by atoms with Gasteiger partial charge < -0.3 is 0 Å². The highest BCUT2D eigenvalue weighted by Crippen LogP contribution is 2.16. The van der Waals surface area contributed by atoms with Crippen molar-refractivity contribution in [3.05, 3.63) is 65.9 Å². The van der Waals surface area contributed by atoms with E-state index >= 15 is 0 Å². The Labute approximate surface area is 132 Å². The second-order valence-corrected chi connectivity index (χ2v) is 6.89. The number of nitrogens with zero attached hydrogens (tertiary/aromatic N) is 2. The topological polar surface area (TPSA) is 50.3 Å². The molecule has 0 N–H and O–H groups in total. The van der Waals surface area contributed by atoms with Crippen LogP contribution in [0.4, 0.5) is 5.82 Å². The van der Waals surface area contributed by atoms with Crippen molar-refractivity contribution in [3.8, 4) is 0 Å². The normalized spacial score (nSPS) is 11.7. The average molecular weight is 316 g/mol. The fourth-order valence-electron chi connectivity index (χ4n) is 2.06. The van der Waals surface area contributed by atoms with Gasteiger partial charge in [0.2, 0.25) is 10.0 Å². The Hall–Kier alpha value is -2.14. The third kappa shape index (κ3) is 4.43. The Morgan fingerprint density at radius 1 is 1.18 bits per heavy atom. The van der Waals surface area contributed by atoms with Crippen LogP contribution in [0, 0.1) is 0 Å². The highest BCUT2D eigenvalue weighted by Gasteiger charge is 2.17. The second kappa shape index (κ2) is 7.22. The Bertz CT molecular complexity index is 740. The fourth-order valence-corrected chi connectivity index (χ4v) is 2.86. The minimum atomic E-state index is -3.38. The molecule has 0 unspecified atom stereocenters. The number of hydrogen-bond acceptors (Lipinski definition) is 3. The first-order chi connectivity index (χ1) is 10.5. The smallest absolute Gasteiger partial charge is 0.233 e. The van der Waals surface area contributed by atoms with Crippen molar-refractivity contribution in [1.82, 2.24) is 4.98 Å². The maximum atomic E-state index is 12.0. The van der Waals surface area contributed by atoms with Crippen molar-refractivity contribution >= 4 is 21.9 Å². The van der Waals surface area contributed by atoms with E-state index < -0.39 is 10.0 Å². The summed E-state index contributed by atoms with van der Waals surface area (Å²) in [6.45, 7) is 2.28. The number of benzene rings is 1. The summed E-state index contributed by atoms with van der Waals surface area (Å²) in [5.41, 5.74) is 2.09. The van der Waals surface area contributed by atoms with Crippen LogP contribution in [0.5, 0.6) is 0 Å². The Balaban J connectivity index is 2.22. The standard InChI is InChI=1S/C17H20N2O2S/c1-3-15-11-12-18-17(14-15)19(22(2,20)21)13-7-10-16-8-5-4-6-9-16/h4-12,14H,3,13H2,1-2H3/b10-7+. The fraction of sp³-hybridized carbons (Fsp3) is 0.235. The van der Waals surface area contributed by atoms with Gasteiger partial charge in [0.25, 0.3) is 0 Å². The molecule has 116 valence electrons. The van der Waals surface area contributed by atoms with E-state index in [4.69, 9.17) is 0 Å². The van der Waals surface area contributed by atoms with Crippen molar-refractivity contribution in [2.24, 2.45) is 0 Å². The molecular weight excluding hydrogens is 296 g/mol. The molecule has 1 aromatic heterocycles. The van der Waals surface area contributed by atoms with Crippen LogP contribution in [-0.4, -0.2) is 26.2 Å². The summed E-state index contributed by atoms with van der Waals surface area (Å²) >= 11 is 0. The van der Waals surface area contributed by atoms with Crippen LogP contribution in [0.1, 0.15) is 18.1 Å². The van der Waals surface area contributed by atoms with Crippen molar-refractivity contribution < 1.29 is 8.42 Å². The molecule has 2 aromatic rings. The largest absolute Gasteiger partial charge is 0.250 e. The maximum absolute atomic E-state index is 12.0. The van der Waals surface area contributed by atoms with Gasteiger partial charge in [-0.3, -0.25) is 4.31 Å². The Kier molecular flexibility index (Phi) is 5.33. The van der Waals surface area contributed by atoms with Gasteiger partial charge >= 0.3 is 0 Å². The summed E-state index contributed by atoms with van der Waals surface area (Å²) in [7, 11) is -3.38. The molecule has 0 aliphatic rings. The summed E-state index contributed by atoms with van der Waals surface area (Å²) in [5, 5.41) is 0. The monoisotopic (exact) mass is 316 g/mol. The van der Waals surface area contributed by atoms with Crippen LogP contribution in [0.15, 0.2) is 54.7 Å². The molecule has 0 aliphatic heterocycles. The van der Waals surface area contributed by atoms with Crippen LogP contribution < -0.4 is 4.31 Å². The van der Waals surface area contributed by atoms with Gasteiger partial charge in [0.05, 0.1) is 12.8 Å². The first-order valence-corrected chi connectivity index (χ1v) is 9.00. The predicted molar refractivity (Wildman–Crippen MR) is 91.3 cm³/mol. The third-order valence-electron chi connectivity index (χ3n) is 3.26. The zero-order valence-corrected chi connectivity index (χ0v) is 13.6. The van der Waals surface area contributed by atoms with Gasteiger partial charge in [-0.2, -0.15) is 0 Å². The molecule has 0 saturated heterocycles. The summed E-state index contributed by atoms with van der Waals surface area (Å²) in [6, 6.07) is 13.5. The first kappa shape index (κ1) is 16.2. The molecule has 4 nitrogen and oxygen atoms in total. The molecule has 0 spiro atoms. The summed E-state index contributed by atoms with van der Waals surface area (Å²) < 4.78 is 25.4. The zero-order valence-electron chi connectivity index (χ0n) is 12.8. The summed E-state index contributed by atoms with van der Waals surface area (Å²) in [6.07, 6.45) is 7.42. The van der Waals surface area contributed by atoms with Crippen molar-refractivity contribution in [2.45, 2.75) is 13.3 Å². The van der Waals surface area contributed by atoms with Crippen molar-refractivity contribution in [1.29, 1.82) is 0 Å². The van der Waals surface area contributed by atoms with Crippen LogP contribution in [0.3, 0.4) is 0 Å². The first-order valence-electron chi connectivity index (χ1n) is 7.15. The van der Waals surface area contributed by atoms with E-state index in [1.165, 1.54) is 10.6 Å². The van der Waals surface area contributed by atoms with E-state index in [2.05, 4.69) is 4.98 Å². The highest BCUT2D eigenvalue weighted by molar-refractivity contribution is 7.92. The molecule has 0 saturated carbocycles. The highest BCUT2D eigenvalue weighted by atomic mass is 32.2. The van der Waals surface area contributed by atoms with Gasteiger partial charge in [-0.05, 0) is 29.7 Å². The van der Waals surface area contributed by atoms with Gasteiger partial charge in [-0.15, -0.1) is 0 Å². The molecule has 1 aromatic carbocycles. The zero-order chi connectivity index (χ0) is 16.0. The number of aromatic nitrogens is 1. The molecule has 0 radical (unpaired) electrons. The van der Waals surface area contributed by atoms with E-state index in [-0.39, 0.29) is 6.54 Å². The second-order valence-electron chi connectivity index (χ2n) is 4.98. The third-order valence-corrected chi connectivity index (χ3v) is 4.39. The SMILES string of the molecule is CCc1ccnc(N(C/C=C/c2ccccc2)S(C)(=O)=O)c1. The molecule has 0 amide bonds. The minimum absolute atomic E-state index is 0.258. The summed E-state index contributed by atoms with van der Waals surface area (Å²) in [5.74, 6) is 0.458. The Morgan fingerprint density at radius 2 is 1.91 bits per heavy atom. The van der Waals surface area contributed by atoms with Gasteiger partial charge in [-0.25, -0.2) is 13.4 Å². The van der Waals surface area contributed by atoms with Gasteiger partial charge in [0.1, 0.15) is 5.82 Å². The molecule has 2 rings (SSSR count). The molecule has 5 heteroatoms. The molecule has 0 aliphatic carbocycles. The quantitative estimate of drug-likeness (QED) is 0.823. The van der Waals surface area contributed by atoms with E-state index in [0.717, 1.165) is 17.5 Å². The molecule has 1 heterocycles. The lowest BCUT2D eigenvalue weighted by molar-refractivity contribution is 0.598. The van der Waals surface area contributed by atoms with E-state index in [9.17, 15) is 8.42 Å². The van der Waals surface area contributed by atoms with Gasteiger partial charge in [-0.1, -0.05) is 49.4 Å². The van der Waals surface area contributed by atoms with E-state index in [1.54, 1.807) is 6.20 Å². The predicted octanol–water partition coefficient (Wildman–Crippen LogP) is 3.12. The molecule has 0 bridgehead atoms. The average Bonchev–Trinajstić information content (AvgIpc) is 2.51. The Morgan fingerprint density at radius 3 is 2.55 bits per heavy atom. The number of anilines is 1. The maximum Gasteiger partial charge on any atom is 0.233 e. The lowest BCUT2D eigenvalue weighted by atomic mass is 10.2. The molecule has 22 heavy (non-hydrogen) atoms.